The molecule has 1 unspecified atom stereocenters. The molecular formula is C29H28Cl2Zr-2. The van der Waals surface area contributed by atoms with E-state index < -0.39 is 0 Å². The standard InChI is InChI=1S/C13H9.C8H11.C8H8.2ClH.Zr/c1-3-7-12-10(5-1)9-11-6-2-4-8-13(11)12;1-6-4-7(2)8(3)5-6;1-2-8-6-4-3-5-7-8;;;/h1-9H;4,6H,1-3H3;3-7H,1H3;2*1H;/q2*-1;;;;+2/p-2. The van der Waals surface area contributed by atoms with E-state index >= 15 is 0 Å². The van der Waals surface area contributed by atoms with E-state index in [2.05, 4.69) is 119 Å². The van der Waals surface area contributed by atoms with E-state index in [9.17, 15) is 0 Å². The number of halogens is 2. The van der Waals surface area contributed by atoms with E-state index in [-0.39, 0.29) is 24.8 Å². The van der Waals surface area contributed by atoms with Gasteiger partial charge in [-0.2, -0.15) is 6.08 Å². The number of benzene rings is 3. The van der Waals surface area contributed by atoms with Crippen molar-refractivity contribution >= 4 is 24.8 Å². The van der Waals surface area contributed by atoms with E-state index in [1.54, 1.807) is 0 Å². The fourth-order valence-corrected chi connectivity index (χ4v) is 4.00. The van der Waals surface area contributed by atoms with Crippen LogP contribution in [0.2, 0.25) is 0 Å². The molecule has 0 saturated heterocycles. The summed E-state index contributed by atoms with van der Waals surface area (Å²) >= 11 is 1.51. The minimum Gasteiger partial charge on any atom is -1.00 e. The number of hydrogen-bond acceptors (Lipinski definition) is 0. The van der Waals surface area contributed by atoms with Gasteiger partial charge in [0.05, 0.1) is 0 Å². The van der Waals surface area contributed by atoms with Gasteiger partial charge in [0.25, 0.3) is 0 Å². The third kappa shape index (κ3) is 7.73. The van der Waals surface area contributed by atoms with Crippen molar-refractivity contribution in [3.8, 4) is 0 Å². The van der Waals surface area contributed by atoms with Gasteiger partial charge in [0.2, 0.25) is 0 Å². The van der Waals surface area contributed by atoms with Crippen molar-refractivity contribution < 1.29 is 49.0 Å². The summed E-state index contributed by atoms with van der Waals surface area (Å²) in [6, 6.07) is 29.7. The Morgan fingerprint density at radius 3 is 1.59 bits per heavy atom. The maximum absolute atomic E-state index is 3.29. The Labute approximate surface area is 219 Å². The fourth-order valence-electron chi connectivity index (χ4n) is 3.59. The number of rotatable bonds is 1. The average Bonchev–Trinajstić information content (AvgIpc) is 3.28. The van der Waals surface area contributed by atoms with Crippen LogP contribution >= 0.6 is 0 Å². The predicted molar refractivity (Wildman–Crippen MR) is 129 cm³/mol. The van der Waals surface area contributed by atoms with E-state index in [0.717, 1.165) is 0 Å². The molecule has 4 aromatic carbocycles. The molecule has 1 aliphatic rings. The third-order valence-electron chi connectivity index (χ3n) is 5.27. The Hall–Kier alpha value is -1.66. The molecule has 0 N–H and O–H groups in total. The second-order valence-corrected chi connectivity index (χ2v) is 9.56. The van der Waals surface area contributed by atoms with Crippen LogP contribution < -0.4 is 24.8 Å². The molecule has 4 aromatic rings. The van der Waals surface area contributed by atoms with Crippen molar-refractivity contribution in [2.75, 3.05) is 0 Å². The minimum absolute atomic E-state index is 0. The Kier molecular flexibility index (Phi) is 12.2. The Balaban J connectivity index is 0.000000242. The van der Waals surface area contributed by atoms with Crippen LogP contribution in [0.1, 0.15) is 33.3 Å². The van der Waals surface area contributed by atoms with Gasteiger partial charge in [-0.1, -0.05) is 56.2 Å². The summed E-state index contributed by atoms with van der Waals surface area (Å²) in [5, 5.41) is 5.39. The number of fused-ring (bicyclic) bond motifs is 3. The van der Waals surface area contributed by atoms with Gasteiger partial charge in [0.1, 0.15) is 0 Å². The van der Waals surface area contributed by atoms with Crippen molar-refractivity contribution in [2.24, 2.45) is 5.92 Å². The zero-order chi connectivity index (χ0) is 21.5. The molecule has 1 atom stereocenters. The van der Waals surface area contributed by atoms with Gasteiger partial charge in [-0.3, -0.25) is 6.08 Å². The van der Waals surface area contributed by atoms with Gasteiger partial charge >= 0.3 is 70.3 Å². The van der Waals surface area contributed by atoms with Gasteiger partial charge in [0.15, 0.2) is 0 Å². The molecule has 0 heterocycles. The molecule has 0 amide bonds. The molecule has 0 saturated carbocycles. The van der Waals surface area contributed by atoms with E-state index in [1.165, 1.54) is 65.7 Å². The summed E-state index contributed by atoms with van der Waals surface area (Å²) in [6.45, 7) is 8.55. The molecule has 0 fully saturated rings. The normalized spacial score (nSPS) is 14.0. The SMILES string of the molecule is CC1=[C-]C(C)C=C1C.C[C](=[Zr+2])c1ccccc1.[Cl-].[Cl-].c1ccc2c(c1)[cH-]c1ccccc12. The molecule has 0 radical (unpaired) electrons. The first-order chi connectivity index (χ1) is 14.5. The van der Waals surface area contributed by atoms with Crippen LogP contribution in [0.4, 0.5) is 0 Å². The van der Waals surface area contributed by atoms with Crippen molar-refractivity contribution in [1.29, 1.82) is 0 Å². The Bertz CT molecular complexity index is 1130. The van der Waals surface area contributed by atoms with Crippen LogP contribution in [0, 0.1) is 12.0 Å². The molecule has 3 heteroatoms. The van der Waals surface area contributed by atoms with Gasteiger partial charge < -0.3 is 24.8 Å². The molecule has 0 bridgehead atoms. The van der Waals surface area contributed by atoms with Crippen molar-refractivity contribution in [1.82, 2.24) is 0 Å². The molecule has 0 spiro atoms. The second-order valence-electron chi connectivity index (χ2n) is 7.72. The van der Waals surface area contributed by atoms with Gasteiger partial charge in [0, 0.05) is 0 Å². The van der Waals surface area contributed by atoms with Crippen molar-refractivity contribution in [2.45, 2.75) is 27.7 Å². The van der Waals surface area contributed by atoms with Crippen LogP contribution in [0.25, 0.3) is 21.5 Å². The molecule has 0 aromatic heterocycles. The molecule has 5 rings (SSSR count). The van der Waals surface area contributed by atoms with Crippen LogP contribution in [0.15, 0.2) is 102 Å². The molecule has 32 heavy (non-hydrogen) atoms. The van der Waals surface area contributed by atoms with E-state index in [0.29, 0.717) is 5.92 Å². The average molecular weight is 539 g/mol. The molecule has 1 aliphatic carbocycles. The first-order valence-corrected chi connectivity index (χ1v) is 11.6. The van der Waals surface area contributed by atoms with E-state index in [1.807, 2.05) is 6.07 Å². The molecular weight excluding hydrogens is 510 g/mol. The first-order valence-electron chi connectivity index (χ1n) is 10.4. The molecule has 0 nitrogen and oxygen atoms in total. The van der Waals surface area contributed by atoms with Crippen molar-refractivity contribution in [3.63, 3.8) is 0 Å². The largest absolute Gasteiger partial charge is 1.00 e. The van der Waals surface area contributed by atoms with E-state index in [4.69, 9.17) is 0 Å². The Morgan fingerprint density at radius 1 is 0.781 bits per heavy atom. The quantitative estimate of drug-likeness (QED) is 0.325. The van der Waals surface area contributed by atoms with Crippen LogP contribution in [-0.4, -0.2) is 3.21 Å². The summed E-state index contributed by atoms with van der Waals surface area (Å²) in [4.78, 5) is 0. The summed E-state index contributed by atoms with van der Waals surface area (Å²) in [5.74, 6) is 0.551. The minimum atomic E-state index is 0. The summed E-state index contributed by atoms with van der Waals surface area (Å²) < 4.78 is 1.46. The summed E-state index contributed by atoms with van der Waals surface area (Å²) in [7, 11) is 0. The number of hydrogen-bond donors (Lipinski definition) is 0. The van der Waals surface area contributed by atoms with Gasteiger partial charge in [-0.05, 0) is 0 Å². The smallest absolute Gasteiger partial charge is 0.0771 e. The zero-order valence-electron chi connectivity index (χ0n) is 19.0. The van der Waals surface area contributed by atoms with Gasteiger partial charge in [-0.25, -0.2) is 11.1 Å². The predicted octanol–water partition coefficient (Wildman–Crippen LogP) is 1.83. The summed E-state index contributed by atoms with van der Waals surface area (Å²) in [6.07, 6.45) is 5.52. The first kappa shape index (κ1) is 28.4. The van der Waals surface area contributed by atoms with Crippen molar-refractivity contribution in [3.05, 3.63) is 114 Å². The molecule has 164 valence electrons. The molecule has 0 aliphatic heterocycles. The van der Waals surface area contributed by atoms with Crippen LogP contribution in [0.5, 0.6) is 0 Å². The topological polar surface area (TPSA) is 0 Å². The van der Waals surface area contributed by atoms with Crippen LogP contribution in [-0.2, 0) is 24.2 Å². The maximum Gasteiger partial charge on any atom is -0.0771 e. The fraction of sp³-hybridized carbons (Fsp3) is 0.172. The maximum atomic E-state index is 3.29. The third-order valence-corrected chi connectivity index (χ3v) is 5.97. The Morgan fingerprint density at radius 2 is 1.25 bits per heavy atom. The monoisotopic (exact) mass is 536 g/mol. The summed E-state index contributed by atoms with van der Waals surface area (Å²) in [5.41, 5.74) is 4.07. The van der Waals surface area contributed by atoms with Gasteiger partial charge in [-0.15, -0.1) is 46.7 Å². The zero-order valence-corrected chi connectivity index (χ0v) is 23.0. The second kappa shape index (κ2) is 13.8. The number of allylic oxidation sites excluding steroid dienone is 4. The van der Waals surface area contributed by atoms with Crippen LogP contribution in [0.3, 0.4) is 0 Å².